The highest BCUT2D eigenvalue weighted by Gasteiger charge is 1.97. The average Bonchev–Trinajstić information content (AvgIpc) is 2.84. The summed E-state index contributed by atoms with van der Waals surface area (Å²) < 4.78 is 4.99. The van der Waals surface area contributed by atoms with Crippen LogP contribution in [0.3, 0.4) is 0 Å². The highest BCUT2D eigenvalue weighted by Crippen LogP contribution is 2.12. The second-order valence-corrected chi connectivity index (χ2v) is 5.01. The number of carbonyl (C=O) groups excluding carboxylic acids is 1. The SMILES string of the molecule is CCCC.C[NH2+]CCC(C)O.O=C([O-])c1ccc(Br)o1.[I-]. The summed E-state index contributed by atoms with van der Waals surface area (Å²) in [5.41, 5.74) is 0. The lowest BCUT2D eigenvalue weighted by atomic mass is 10.3. The van der Waals surface area contributed by atoms with Crippen molar-refractivity contribution in [3.63, 3.8) is 0 Å². The highest BCUT2D eigenvalue weighted by atomic mass is 127. The van der Waals surface area contributed by atoms with Crippen LogP contribution >= 0.6 is 15.9 Å². The van der Waals surface area contributed by atoms with Crippen LogP contribution < -0.4 is 34.4 Å². The number of quaternary nitrogens is 1. The summed E-state index contributed by atoms with van der Waals surface area (Å²) in [5, 5.41) is 20.7. The predicted octanol–water partition coefficient (Wildman–Crippen LogP) is -1.83. The number of furan rings is 1. The van der Waals surface area contributed by atoms with Gasteiger partial charge >= 0.3 is 0 Å². The van der Waals surface area contributed by atoms with Gasteiger partial charge in [-0.2, -0.15) is 0 Å². The largest absolute Gasteiger partial charge is 1.00 e. The van der Waals surface area contributed by atoms with Gasteiger partial charge in [-0.25, -0.2) is 0 Å². The van der Waals surface area contributed by atoms with E-state index in [1.807, 2.05) is 14.0 Å². The molecule has 0 amide bonds. The fraction of sp³-hybridized carbons (Fsp3) is 0.643. The van der Waals surface area contributed by atoms with Crippen LogP contribution in [0, 0.1) is 0 Å². The van der Waals surface area contributed by atoms with E-state index in [1.54, 1.807) is 0 Å². The van der Waals surface area contributed by atoms with Crippen molar-refractivity contribution in [3.05, 3.63) is 22.6 Å². The number of carboxylic acid groups (broad SMARTS) is 1. The first-order valence-corrected chi connectivity index (χ1v) is 7.60. The molecule has 0 bridgehead atoms. The van der Waals surface area contributed by atoms with Crippen LogP contribution in [0.5, 0.6) is 0 Å². The molecule has 0 aliphatic carbocycles. The molecule has 0 saturated carbocycles. The summed E-state index contributed by atoms with van der Waals surface area (Å²) in [6.45, 7) is 7.20. The molecule has 0 aliphatic rings. The zero-order chi connectivity index (χ0) is 16.0. The molecular weight excluding hydrogens is 453 g/mol. The Balaban J connectivity index is -0.000000244. The molecule has 0 aromatic carbocycles. The van der Waals surface area contributed by atoms with Gasteiger partial charge in [0, 0.05) is 6.42 Å². The van der Waals surface area contributed by atoms with Crippen molar-refractivity contribution in [2.24, 2.45) is 0 Å². The molecule has 0 aliphatic heterocycles. The molecule has 1 aromatic rings. The monoisotopic (exact) mass is 478 g/mol. The summed E-state index contributed by atoms with van der Waals surface area (Å²) >= 11 is 2.94. The molecule has 0 spiro atoms. The standard InChI is InChI=1S/C5H3BrO3.C5H13NO.C4H10.HI/c6-4-2-1-3(9-4)5(7)8;1-5(7)3-4-6-2;1-3-4-2;/h1-2H,(H,7,8);5-7H,3-4H2,1-2H3;3-4H2,1-2H3;1H/p-1. The van der Waals surface area contributed by atoms with Crippen molar-refractivity contribution in [2.75, 3.05) is 13.6 Å². The molecule has 0 radical (unpaired) electrons. The smallest absolute Gasteiger partial charge is 0.169 e. The fourth-order valence-corrected chi connectivity index (χ4v) is 1.14. The molecule has 126 valence electrons. The van der Waals surface area contributed by atoms with Gasteiger partial charge in [0.05, 0.1) is 19.7 Å². The van der Waals surface area contributed by atoms with E-state index in [4.69, 9.17) is 5.11 Å². The van der Waals surface area contributed by atoms with Gasteiger partial charge in [0.2, 0.25) is 0 Å². The number of unbranched alkanes of at least 4 members (excludes halogenated alkanes) is 1. The van der Waals surface area contributed by atoms with Gasteiger partial charge in [0.1, 0.15) is 5.97 Å². The molecule has 0 fully saturated rings. The minimum Gasteiger partial charge on any atom is -1.00 e. The first kappa shape index (κ1) is 25.8. The van der Waals surface area contributed by atoms with Crippen LogP contribution in [0.1, 0.15) is 50.6 Å². The van der Waals surface area contributed by atoms with Crippen LogP contribution in [0.25, 0.3) is 0 Å². The van der Waals surface area contributed by atoms with Crippen molar-refractivity contribution in [1.29, 1.82) is 0 Å². The molecular formula is C14H26BrINO4-. The van der Waals surface area contributed by atoms with Crippen molar-refractivity contribution >= 4 is 21.9 Å². The summed E-state index contributed by atoms with van der Waals surface area (Å²) in [7, 11) is 2.00. The Morgan fingerprint density at radius 3 is 2.10 bits per heavy atom. The molecule has 1 aromatic heterocycles. The highest BCUT2D eigenvalue weighted by molar-refractivity contribution is 9.10. The molecule has 0 saturated heterocycles. The maximum atomic E-state index is 9.99. The third-order valence-corrected chi connectivity index (χ3v) is 2.57. The number of rotatable bonds is 5. The number of aliphatic hydroxyl groups excluding tert-OH is 1. The van der Waals surface area contributed by atoms with Gasteiger partial charge in [-0.15, -0.1) is 0 Å². The van der Waals surface area contributed by atoms with Crippen LogP contribution in [0.4, 0.5) is 0 Å². The number of aromatic carboxylic acids is 1. The van der Waals surface area contributed by atoms with E-state index in [2.05, 4.69) is 39.5 Å². The quantitative estimate of drug-likeness (QED) is 0.487. The minimum absolute atomic E-state index is 0. The van der Waals surface area contributed by atoms with E-state index in [0.29, 0.717) is 4.67 Å². The van der Waals surface area contributed by atoms with E-state index in [1.165, 1.54) is 25.0 Å². The lowest BCUT2D eigenvalue weighted by Gasteiger charge is -1.97. The van der Waals surface area contributed by atoms with Crippen LogP contribution in [-0.2, 0) is 0 Å². The number of hydrogen-bond donors (Lipinski definition) is 2. The van der Waals surface area contributed by atoms with Gasteiger partial charge in [0.25, 0.3) is 0 Å². The Bertz CT molecular complexity index is 343. The number of carbonyl (C=O) groups is 1. The number of halogens is 2. The Morgan fingerprint density at radius 2 is 1.95 bits per heavy atom. The number of hydrogen-bond acceptors (Lipinski definition) is 4. The zero-order valence-corrected chi connectivity index (χ0v) is 16.8. The van der Waals surface area contributed by atoms with Crippen molar-refractivity contribution in [2.45, 2.75) is 46.1 Å². The summed E-state index contributed by atoms with van der Waals surface area (Å²) in [5.74, 6) is -1.47. The van der Waals surface area contributed by atoms with E-state index in [9.17, 15) is 9.90 Å². The molecule has 21 heavy (non-hydrogen) atoms. The fourth-order valence-electron chi connectivity index (χ4n) is 0.832. The molecule has 5 nitrogen and oxygen atoms in total. The maximum Gasteiger partial charge on any atom is 0.169 e. The molecule has 3 N–H and O–H groups in total. The summed E-state index contributed by atoms with van der Waals surface area (Å²) in [6.07, 6.45) is 3.41. The summed E-state index contributed by atoms with van der Waals surface area (Å²) in [4.78, 5) is 9.99. The number of aliphatic hydroxyl groups is 1. The Morgan fingerprint density at radius 1 is 1.43 bits per heavy atom. The van der Waals surface area contributed by atoms with E-state index < -0.39 is 5.97 Å². The van der Waals surface area contributed by atoms with Crippen LogP contribution in [0.2, 0.25) is 0 Å². The first-order chi connectivity index (χ1) is 9.38. The molecule has 1 atom stereocenters. The Labute approximate surface area is 152 Å². The average molecular weight is 479 g/mol. The van der Waals surface area contributed by atoms with Crippen LogP contribution in [-0.4, -0.2) is 30.8 Å². The van der Waals surface area contributed by atoms with E-state index in [-0.39, 0.29) is 35.8 Å². The number of carboxylic acids is 1. The second-order valence-electron chi connectivity index (χ2n) is 4.23. The van der Waals surface area contributed by atoms with Crippen molar-refractivity contribution in [3.8, 4) is 0 Å². The molecule has 1 rings (SSSR count). The normalized spacial score (nSPS) is 10.2. The molecule has 7 heteroatoms. The zero-order valence-electron chi connectivity index (χ0n) is 13.1. The summed E-state index contributed by atoms with van der Waals surface area (Å²) in [6, 6.07) is 2.81. The van der Waals surface area contributed by atoms with Crippen molar-refractivity contribution < 1.29 is 48.7 Å². The van der Waals surface area contributed by atoms with Gasteiger partial charge in [-0.1, -0.05) is 26.7 Å². The third-order valence-electron chi connectivity index (χ3n) is 2.15. The number of nitrogens with two attached hydrogens (primary N) is 1. The van der Waals surface area contributed by atoms with Crippen LogP contribution in [0.15, 0.2) is 21.2 Å². The molecule has 1 unspecified atom stereocenters. The first-order valence-electron chi connectivity index (χ1n) is 6.81. The Hall–Kier alpha value is -0.120. The minimum atomic E-state index is -1.30. The topological polar surface area (TPSA) is 90.1 Å². The van der Waals surface area contributed by atoms with E-state index in [0.717, 1.165) is 13.0 Å². The van der Waals surface area contributed by atoms with Gasteiger partial charge in [0.15, 0.2) is 10.4 Å². The van der Waals surface area contributed by atoms with Gasteiger partial charge < -0.3 is 48.7 Å². The Kier molecular flexibility index (Phi) is 22.0. The van der Waals surface area contributed by atoms with Gasteiger partial charge in [-0.05, 0) is 35.0 Å². The third kappa shape index (κ3) is 19.9. The van der Waals surface area contributed by atoms with Crippen molar-refractivity contribution in [1.82, 2.24) is 0 Å². The maximum absolute atomic E-state index is 9.99. The molecule has 1 heterocycles. The van der Waals surface area contributed by atoms with E-state index >= 15 is 0 Å². The second kappa shape index (κ2) is 17.9. The van der Waals surface area contributed by atoms with Gasteiger partial charge in [-0.3, -0.25) is 0 Å². The lowest BCUT2D eigenvalue weighted by molar-refractivity contribution is -0.628. The predicted molar refractivity (Wildman–Crippen MR) is 80.3 cm³/mol. The lowest BCUT2D eigenvalue weighted by Crippen LogP contribution is -3.00.